The standard InChI is InChI=1S/C25H20FOP.BrH/c26-21-17-16-20(25(27)18-21)19-28(22-10-4-1-5-11-22,23-12-6-2-7-13-23)24-14-8-3-9-15-24;/h1-18H,19H2;1H. The van der Waals surface area contributed by atoms with Gasteiger partial charge in [-0.1, -0.05) is 54.6 Å². The first kappa shape index (κ1) is 21.2. The summed E-state index contributed by atoms with van der Waals surface area (Å²) in [6, 6.07) is 35.7. The molecular formula is C25H21BrFOP. The van der Waals surface area contributed by atoms with E-state index in [1.165, 1.54) is 28.0 Å². The van der Waals surface area contributed by atoms with Gasteiger partial charge in [0.05, 0.1) is 0 Å². The predicted octanol–water partition coefficient (Wildman–Crippen LogP) is 2.03. The zero-order valence-electron chi connectivity index (χ0n) is 15.7. The molecule has 0 aliphatic rings. The van der Waals surface area contributed by atoms with Crippen molar-refractivity contribution in [3.05, 3.63) is 121 Å². The Morgan fingerprint density at radius 1 is 0.621 bits per heavy atom. The molecule has 0 fully saturated rings. The Morgan fingerprint density at radius 2 is 1.03 bits per heavy atom. The van der Waals surface area contributed by atoms with E-state index < -0.39 is 13.1 Å². The van der Waals surface area contributed by atoms with Crippen LogP contribution in [0.3, 0.4) is 0 Å². The molecule has 0 atom stereocenters. The molecule has 1 N–H and O–H groups in total. The number of halogens is 2. The second-order valence-electron chi connectivity index (χ2n) is 6.75. The topological polar surface area (TPSA) is 20.2 Å². The van der Waals surface area contributed by atoms with Crippen molar-refractivity contribution >= 4 is 23.2 Å². The third-order valence-corrected chi connectivity index (χ3v) is 9.40. The SMILES string of the molecule is Oc1cc(F)ccc1C[P+](c1ccccc1)(c1ccccc1)c1ccccc1.[Br-]. The van der Waals surface area contributed by atoms with E-state index in [1.807, 2.05) is 18.2 Å². The summed E-state index contributed by atoms with van der Waals surface area (Å²) in [5.74, 6) is -0.420. The summed E-state index contributed by atoms with van der Waals surface area (Å²) in [5.41, 5.74) is 0.756. The van der Waals surface area contributed by atoms with Crippen LogP contribution >= 0.6 is 7.26 Å². The Morgan fingerprint density at radius 3 is 1.41 bits per heavy atom. The highest BCUT2D eigenvalue weighted by Crippen LogP contribution is 2.58. The third-order valence-electron chi connectivity index (χ3n) is 5.05. The van der Waals surface area contributed by atoms with Crippen molar-refractivity contribution in [1.82, 2.24) is 0 Å². The third kappa shape index (κ3) is 4.27. The molecule has 1 nitrogen and oxygen atoms in total. The molecule has 0 aliphatic heterocycles. The van der Waals surface area contributed by atoms with E-state index in [0.29, 0.717) is 6.16 Å². The summed E-state index contributed by atoms with van der Waals surface area (Å²) in [5, 5.41) is 14.2. The molecule has 0 heterocycles. The number of aromatic hydroxyl groups is 1. The number of hydrogen-bond acceptors (Lipinski definition) is 1. The number of benzene rings is 4. The quantitative estimate of drug-likeness (QED) is 0.446. The van der Waals surface area contributed by atoms with Crippen molar-refractivity contribution < 1.29 is 26.5 Å². The highest BCUT2D eigenvalue weighted by atomic mass is 79.9. The summed E-state index contributed by atoms with van der Waals surface area (Å²) >= 11 is 0. The Kier molecular flexibility index (Phi) is 6.84. The van der Waals surface area contributed by atoms with Gasteiger partial charge in [-0.05, 0) is 48.5 Å². The maximum atomic E-state index is 13.6. The molecule has 0 aromatic heterocycles. The van der Waals surface area contributed by atoms with E-state index in [4.69, 9.17) is 0 Å². The average Bonchev–Trinajstić information content (AvgIpc) is 2.75. The fourth-order valence-corrected chi connectivity index (χ4v) is 7.96. The van der Waals surface area contributed by atoms with Crippen LogP contribution in [0.25, 0.3) is 0 Å². The van der Waals surface area contributed by atoms with Crippen molar-refractivity contribution in [1.29, 1.82) is 0 Å². The Hall–Kier alpha value is -2.48. The fraction of sp³-hybridized carbons (Fsp3) is 0.0400. The van der Waals surface area contributed by atoms with Gasteiger partial charge in [0.1, 0.15) is 40.9 Å². The molecule has 4 heteroatoms. The highest BCUT2D eigenvalue weighted by molar-refractivity contribution is 7.95. The van der Waals surface area contributed by atoms with Gasteiger partial charge in [-0.3, -0.25) is 0 Å². The molecule has 4 aromatic carbocycles. The highest BCUT2D eigenvalue weighted by Gasteiger charge is 2.45. The van der Waals surface area contributed by atoms with Crippen LogP contribution < -0.4 is 32.9 Å². The van der Waals surface area contributed by atoms with Gasteiger partial charge < -0.3 is 22.1 Å². The molecule has 0 bridgehead atoms. The predicted molar refractivity (Wildman–Crippen MR) is 117 cm³/mol. The van der Waals surface area contributed by atoms with Gasteiger partial charge in [0, 0.05) is 11.6 Å². The normalized spacial score (nSPS) is 10.9. The van der Waals surface area contributed by atoms with Gasteiger partial charge in [-0.15, -0.1) is 0 Å². The van der Waals surface area contributed by atoms with Crippen molar-refractivity contribution in [2.75, 3.05) is 0 Å². The monoisotopic (exact) mass is 466 g/mol. The number of hydrogen-bond donors (Lipinski definition) is 1. The summed E-state index contributed by atoms with van der Waals surface area (Å²) in [6.07, 6.45) is 0.622. The first-order valence-electron chi connectivity index (χ1n) is 9.22. The largest absolute Gasteiger partial charge is 1.00 e. The Labute approximate surface area is 182 Å². The van der Waals surface area contributed by atoms with Crippen LogP contribution in [-0.4, -0.2) is 5.11 Å². The minimum absolute atomic E-state index is 0. The van der Waals surface area contributed by atoms with Crippen molar-refractivity contribution in [3.63, 3.8) is 0 Å². The lowest BCUT2D eigenvalue weighted by molar-refractivity contribution is -0.00000709. The van der Waals surface area contributed by atoms with Gasteiger partial charge in [-0.2, -0.15) is 0 Å². The summed E-state index contributed by atoms with van der Waals surface area (Å²) in [7, 11) is -2.10. The van der Waals surface area contributed by atoms with E-state index >= 15 is 0 Å². The van der Waals surface area contributed by atoms with Gasteiger partial charge in [0.25, 0.3) is 0 Å². The average molecular weight is 467 g/mol. The number of phenols is 1. The molecule has 0 saturated heterocycles. The van der Waals surface area contributed by atoms with Crippen LogP contribution in [0, 0.1) is 5.82 Å². The lowest BCUT2D eigenvalue weighted by Gasteiger charge is -2.28. The minimum atomic E-state index is -2.10. The zero-order valence-corrected chi connectivity index (χ0v) is 18.2. The van der Waals surface area contributed by atoms with Crippen LogP contribution in [0.15, 0.2) is 109 Å². The van der Waals surface area contributed by atoms with E-state index in [2.05, 4.69) is 72.8 Å². The minimum Gasteiger partial charge on any atom is -1.00 e. The van der Waals surface area contributed by atoms with Gasteiger partial charge in [0.2, 0.25) is 0 Å². The molecule has 0 unspecified atom stereocenters. The summed E-state index contributed by atoms with van der Waals surface area (Å²) in [4.78, 5) is 0. The van der Waals surface area contributed by atoms with Gasteiger partial charge in [-0.25, -0.2) is 4.39 Å². The van der Waals surface area contributed by atoms with Crippen molar-refractivity contribution in [2.24, 2.45) is 0 Å². The van der Waals surface area contributed by atoms with Crippen LogP contribution in [0.1, 0.15) is 5.56 Å². The molecule has 0 saturated carbocycles. The molecule has 0 spiro atoms. The number of rotatable bonds is 5. The smallest absolute Gasteiger partial charge is 0.126 e. The van der Waals surface area contributed by atoms with E-state index in [1.54, 1.807) is 6.07 Å². The molecule has 146 valence electrons. The Balaban J connectivity index is 0.00000240. The molecular weight excluding hydrogens is 446 g/mol. The number of phenolic OH excluding ortho intramolecular Hbond substituents is 1. The van der Waals surface area contributed by atoms with Crippen LogP contribution in [0.4, 0.5) is 4.39 Å². The van der Waals surface area contributed by atoms with Crippen LogP contribution in [-0.2, 0) is 6.16 Å². The molecule has 0 aliphatic carbocycles. The second kappa shape index (κ2) is 9.35. The van der Waals surface area contributed by atoms with Crippen molar-refractivity contribution in [3.8, 4) is 5.75 Å². The van der Waals surface area contributed by atoms with Gasteiger partial charge in [0.15, 0.2) is 0 Å². The zero-order chi connectivity index (χ0) is 19.4. The van der Waals surface area contributed by atoms with E-state index in [9.17, 15) is 9.50 Å². The lowest BCUT2D eigenvalue weighted by Crippen LogP contribution is -3.00. The fourth-order valence-electron chi connectivity index (χ4n) is 3.69. The van der Waals surface area contributed by atoms with Gasteiger partial charge >= 0.3 is 0 Å². The lowest BCUT2D eigenvalue weighted by atomic mass is 10.2. The van der Waals surface area contributed by atoms with E-state index in [0.717, 1.165) is 5.56 Å². The first-order chi connectivity index (χ1) is 13.7. The summed E-state index contributed by atoms with van der Waals surface area (Å²) < 4.78 is 13.6. The molecule has 4 aromatic rings. The van der Waals surface area contributed by atoms with E-state index in [-0.39, 0.29) is 22.7 Å². The molecule has 0 radical (unpaired) electrons. The molecule has 29 heavy (non-hydrogen) atoms. The first-order valence-corrected chi connectivity index (χ1v) is 11.2. The Bertz CT molecular complexity index is 959. The summed E-state index contributed by atoms with van der Waals surface area (Å²) in [6.45, 7) is 0. The van der Waals surface area contributed by atoms with Crippen LogP contribution in [0.2, 0.25) is 0 Å². The van der Waals surface area contributed by atoms with Crippen LogP contribution in [0.5, 0.6) is 5.75 Å². The maximum absolute atomic E-state index is 13.6. The molecule has 4 rings (SSSR count). The van der Waals surface area contributed by atoms with Crippen molar-refractivity contribution in [2.45, 2.75) is 6.16 Å². The maximum Gasteiger partial charge on any atom is 0.126 e. The second-order valence-corrected chi connectivity index (χ2v) is 10.2. The molecule has 0 amide bonds.